The third-order valence-corrected chi connectivity index (χ3v) is 5.66. The van der Waals surface area contributed by atoms with E-state index >= 15 is 0 Å². The monoisotopic (exact) mass is 415 g/mol. The molecule has 1 aliphatic rings. The van der Waals surface area contributed by atoms with Gasteiger partial charge >= 0.3 is 0 Å². The summed E-state index contributed by atoms with van der Waals surface area (Å²) in [6.45, 7) is 0.433. The number of hydrogen-bond acceptors (Lipinski definition) is 5. The third-order valence-electron chi connectivity index (χ3n) is 5.66. The minimum absolute atomic E-state index is 0.0986. The number of carbonyl (C=O) groups is 2. The van der Waals surface area contributed by atoms with E-state index in [1.54, 1.807) is 17.0 Å². The molecule has 0 fully saturated rings. The molecule has 0 bridgehead atoms. The summed E-state index contributed by atoms with van der Waals surface area (Å²) in [6, 6.07) is 14.2. The van der Waals surface area contributed by atoms with Gasteiger partial charge in [-0.15, -0.1) is 0 Å². The van der Waals surface area contributed by atoms with Gasteiger partial charge in [-0.2, -0.15) is 0 Å². The van der Waals surface area contributed by atoms with Crippen LogP contribution < -0.4 is 5.32 Å². The Morgan fingerprint density at radius 3 is 2.74 bits per heavy atom. The number of hydrogen-bond donors (Lipinski definition) is 3. The molecule has 3 N–H and O–H groups in total. The normalized spacial score (nSPS) is 14.4. The highest BCUT2D eigenvalue weighted by molar-refractivity contribution is 5.97. The van der Waals surface area contributed by atoms with E-state index in [4.69, 9.17) is 0 Å². The van der Waals surface area contributed by atoms with Gasteiger partial charge in [0.25, 0.3) is 5.91 Å². The number of amides is 2. The fourth-order valence-corrected chi connectivity index (χ4v) is 4.09. The van der Waals surface area contributed by atoms with Crippen LogP contribution in [0.4, 0.5) is 0 Å². The van der Waals surface area contributed by atoms with Crippen molar-refractivity contribution in [2.24, 2.45) is 0 Å². The molecule has 5 rings (SSSR count). The summed E-state index contributed by atoms with van der Waals surface area (Å²) in [5.74, 6) is -0.872. The molecule has 0 saturated heterocycles. The van der Waals surface area contributed by atoms with Gasteiger partial charge in [0, 0.05) is 23.1 Å². The lowest BCUT2D eigenvalue weighted by Gasteiger charge is -2.30. The fraction of sp³-hybridized carbons (Fsp3) is 0.217. The Balaban J connectivity index is 1.32. The molecule has 2 amide bonds. The molecule has 4 aromatic rings. The summed E-state index contributed by atoms with van der Waals surface area (Å²) < 4.78 is 0. The maximum Gasteiger partial charge on any atom is 0.272 e. The maximum atomic E-state index is 13.0. The summed E-state index contributed by atoms with van der Waals surface area (Å²) in [4.78, 5) is 39.3. The van der Waals surface area contributed by atoms with Crippen molar-refractivity contribution in [3.8, 4) is 0 Å². The van der Waals surface area contributed by atoms with Crippen LogP contribution in [0.5, 0.6) is 0 Å². The molecule has 2 aromatic heterocycles. The molecular weight excluding hydrogens is 394 g/mol. The molecule has 0 unspecified atom stereocenters. The second-order valence-corrected chi connectivity index (χ2v) is 7.59. The largest absolute Gasteiger partial charge is 0.394 e. The first kappa shape index (κ1) is 19.2. The summed E-state index contributed by atoms with van der Waals surface area (Å²) in [6.07, 6.45) is 2.08. The van der Waals surface area contributed by atoms with Crippen molar-refractivity contribution in [3.05, 3.63) is 71.7 Å². The number of aromatic amines is 1. The quantitative estimate of drug-likeness (QED) is 0.471. The minimum Gasteiger partial charge on any atom is -0.394 e. The van der Waals surface area contributed by atoms with Crippen LogP contribution >= 0.6 is 0 Å². The highest BCUT2D eigenvalue weighted by Gasteiger charge is 2.30. The number of H-pyrrole nitrogens is 1. The van der Waals surface area contributed by atoms with E-state index in [2.05, 4.69) is 26.3 Å². The lowest BCUT2D eigenvalue weighted by molar-refractivity contribution is -0.135. The number of carbonyl (C=O) groups excluding carboxylic acids is 2. The molecule has 8 nitrogen and oxygen atoms in total. The smallest absolute Gasteiger partial charge is 0.272 e. The average Bonchev–Trinajstić information content (AvgIpc) is 3.19. The van der Waals surface area contributed by atoms with Gasteiger partial charge in [-0.1, -0.05) is 30.3 Å². The molecule has 0 saturated carbocycles. The lowest BCUT2D eigenvalue weighted by Crippen LogP contribution is -2.51. The predicted octanol–water partition coefficient (Wildman–Crippen LogP) is 1.79. The third kappa shape index (κ3) is 3.51. The molecule has 156 valence electrons. The summed E-state index contributed by atoms with van der Waals surface area (Å²) in [5.41, 5.74) is 4.62. The molecule has 0 radical (unpaired) electrons. The molecule has 1 atom stereocenters. The maximum absolute atomic E-state index is 13.0. The second kappa shape index (κ2) is 7.81. The Hall–Kier alpha value is -3.78. The Morgan fingerprint density at radius 2 is 1.90 bits per heavy atom. The SMILES string of the molecule is O=C(N[C@@H](CO)C(=O)N1CCc2c([nH]c3ccccc23)C1)c1cnc2ccccc2n1. The van der Waals surface area contributed by atoms with Crippen LogP contribution in [0, 0.1) is 0 Å². The summed E-state index contributed by atoms with van der Waals surface area (Å²) >= 11 is 0. The van der Waals surface area contributed by atoms with Gasteiger partial charge in [0.05, 0.1) is 30.4 Å². The standard InChI is InChI=1S/C23H21N5O3/c29-13-21(27-22(30)19-11-24-17-7-3-4-8-18(17)26-19)23(31)28-10-9-15-14-5-1-2-6-16(14)25-20(15)12-28/h1-8,11,21,25,29H,9-10,12-13H2,(H,27,30)/t21-/m0/s1. The molecule has 2 aromatic carbocycles. The van der Waals surface area contributed by atoms with Crippen LogP contribution in [0.3, 0.4) is 0 Å². The predicted molar refractivity (Wildman–Crippen MR) is 115 cm³/mol. The zero-order valence-corrected chi connectivity index (χ0v) is 16.7. The Kier molecular flexibility index (Phi) is 4.83. The van der Waals surface area contributed by atoms with Crippen LogP contribution in [-0.2, 0) is 17.8 Å². The van der Waals surface area contributed by atoms with Crippen molar-refractivity contribution in [2.75, 3.05) is 13.2 Å². The number of aliphatic hydroxyl groups excluding tert-OH is 1. The van der Waals surface area contributed by atoms with Gasteiger partial charge in [-0.3, -0.25) is 14.6 Å². The number of aromatic nitrogens is 3. The van der Waals surface area contributed by atoms with E-state index in [1.807, 2.05) is 30.3 Å². The van der Waals surface area contributed by atoms with Crippen LogP contribution in [0.1, 0.15) is 21.7 Å². The zero-order valence-electron chi connectivity index (χ0n) is 16.7. The average molecular weight is 415 g/mol. The topological polar surface area (TPSA) is 111 Å². The number of nitrogens with zero attached hydrogens (tertiary/aromatic N) is 3. The molecule has 1 aliphatic heterocycles. The second-order valence-electron chi connectivity index (χ2n) is 7.59. The van der Waals surface area contributed by atoms with Crippen molar-refractivity contribution < 1.29 is 14.7 Å². The van der Waals surface area contributed by atoms with E-state index in [9.17, 15) is 14.7 Å². The first-order chi connectivity index (χ1) is 15.1. The number of rotatable bonds is 4. The van der Waals surface area contributed by atoms with E-state index in [0.29, 0.717) is 30.5 Å². The lowest BCUT2D eigenvalue weighted by atomic mass is 10.0. The number of fused-ring (bicyclic) bond motifs is 4. The Labute approximate surface area is 177 Å². The van der Waals surface area contributed by atoms with Crippen LogP contribution in [0.15, 0.2) is 54.7 Å². The van der Waals surface area contributed by atoms with Gasteiger partial charge in [0.2, 0.25) is 5.91 Å². The van der Waals surface area contributed by atoms with Gasteiger partial charge in [-0.05, 0) is 30.2 Å². The molecule has 31 heavy (non-hydrogen) atoms. The summed E-state index contributed by atoms with van der Waals surface area (Å²) in [7, 11) is 0. The van der Waals surface area contributed by atoms with E-state index in [0.717, 1.165) is 11.2 Å². The molecular formula is C23H21N5O3. The molecule has 0 aliphatic carbocycles. The highest BCUT2D eigenvalue weighted by atomic mass is 16.3. The Bertz CT molecular complexity index is 1300. The number of benzene rings is 2. The molecule has 8 heteroatoms. The van der Waals surface area contributed by atoms with Gasteiger partial charge in [-0.25, -0.2) is 4.98 Å². The first-order valence-corrected chi connectivity index (χ1v) is 10.1. The van der Waals surface area contributed by atoms with Crippen molar-refractivity contribution in [1.29, 1.82) is 0 Å². The van der Waals surface area contributed by atoms with Gasteiger partial charge < -0.3 is 20.3 Å². The van der Waals surface area contributed by atoms with Gasteiger partial charge in [0.15, 0.2) is 0 Å². The van der Waals surface area contributed by atoms with Crippen LogP contribution in [-0.4, -0.2) is 56.0 Å². The van der Waals surface area contributed by atoms with E-state index in [-0.39, 0.29) is 11.6 Å². The first-order valence-electron chi connectivity index (χ1n) is 10.1. The van der Waals surface area contributed by atoms with Crippen molar-refractivity contribution in [3.63, 3.8) is 0 Å². The number of nitrogens with one attached hydrogen (secondary N) is 2. The highest BCUT2D eigenvalue weighted by Crippen LogP contribution is 2.27. The van der Waals surface area contributed by atoms with Crippen LogP contribution in [0.2, 0.25) is 0 Å². The van der Waals surface area contributed by atoms with Crippen molar-refractivity contribution >= 4 is 33.8 Å². The van der Waals surface area contributed by atoms with Gasteiger partial charge in [0.1, 0.15) is 11.7 Å². The van der Waals surface area contributed by atoms with E-state index in [1.165, 1.54) is 17.1 Å². The summed E-state index contributed by atoms with van der Waals surface area (Å²) in [5, 5.41) is 13.6. The van der Waals surface area contributed by atoms with Crippen LogP contribution in [0.25, 0.3) is 21.9 Å². The van der Waals surface area contributed by atoms with Crippen molar-refractivity contribution in [1.82, 2.24) is 25.2 Å². The minimum atomic E-state index is -1.05. The van der Waals surface area contributed by atoms with E-state index < -0.39 is 18.6 Å². The number of aliphatic hydroxyl groups is 1. The molecule has 0 spiro atoms. The number of para-hydroxylation sites is 3. The van der Waals surface area contributed by atoms with Crippen molar-refractivity contribution in [2.45, 2.75) is 19.0 Å². The molecule has 3 heterocycles. The zero-order chi connectivity index (χ0) is 21.4. The fourth-order valence-electron chi connectivity index (χ4n) is 4.09. The Morgan fingerprint density at radius 1 is 1.13 bits per heavy atom.